The highest BCUT2D eigenvalue weighted by atomic mass is 79.9. The van der Waals surface area contributed by atoms with Crippen LogP contribution in [0.3, 0.4) is 0 Å². The summed E-state index contributed by atoms with van der Waals surface area (Å²) in [6, 6.07) is 3.68. The predicted octanol–water partition coefficient (Wildman–Crippen LogP) is 2.95. The number of oxime groups is 1. The van der Waals surface area contributed by atoms with Crippen molar-refractivity contribution in [1.29, 1.82) is 0 Å². The molecule has 0 aliphatic rings. The number of nitrogens with zero attached hydrogens (tertiary/aromatic N) is 1. The van der Waals surface area contributed by atoms with Gasteiger partial charge in [-0.05, 0) is 81.9 Å². The SMILES string of the molecule is NCCCCCCNC(=O)/C(Cc1cc(Br)c(OCCCN)c(Br)c1)=N\O. The van der Waals surface area contributed by atoms with Gasteiger partial charge in [0, 0.05) is 13.0 Å². The quantitative estimate of drug-likeness (QED) is 0.141. The van der Waals surface area contributed by atoms with Crippen molar-refractivity contribution in [3.63, 3.8) is 0 Å². The predicted molar refractivity (Wildman–Crippen MR) is 114 cm³/mol. The highest BCUT2D eigenvalue weighted by Gasteiger charge is 2.15. The van der Waals surface area contributed by atoms with E-state index < -0.39 is 0 Å². The Morgan fingerprint density at radius 2 is 1.70 bits per heavy atom. The van der Waals surface area contributed by atoms with Crippen LogP contribution >= 0.6 is 31.9 Å². The number of amides is 1. The average Bonchev–Trinajstić information content (AvgIpc) is 2.64. The molecule has 1 aromatic rings. The molecule has 1 rings (SSSR count). The largest absolute Gasteiger partial charge is 0.491 e. The maximum absolute atomic E-state index is 12.2. The van der Waals surface area contributed by atoms with Crippen molar-refractivity contribution < 1.29 is 14.7 Å². The Bertz CT molecular complexity index is 604. The zero-order chi connectivity index (χ0) is 20.1. The molecule has 0 aliphatic heterocycles. The first-order valence-electron chi connectivity index (χ1n) is 9.03. The van der Waals surface area contributed by atoms with Crippen LogP contribution in [0.2, 0.25) is 0 Å². The summed E-state index contributed by atoms with van der Waals surface area (Å²) in [6.45, 7) is 2.31. The number of halogens is 2. The molecule has 7 nitrogen and oxygen atoms in total. The lowest BCUT2D eigenvalue weighted by atomic mass is 10.1. The van der Waals surface area contributed by atoms with E-state index in [4.69, 9.17) is 16.2 Å². The van der Waals surface area contributed by atoms with E-state index in [0.717, 1.165) is 46.6 Å². The van der Waals surface area contributed by atoms with Gasteiger partial charge in [-0.25, -0.2) is 0 Å². The molecule has 0 saturated heterocycles. The Hall–Kier alpha value is -1.16. The summed E-state index contributed by atoms with van der Waals surface area (Å²) in [6.07, 6.45) is 4.89. The van der Waals surface area contributed by atoms with E-state index in [-0.39, 0.29) is 18.0 Å². The number of benzene rings is 1. The van der Waals surface area contributed by atoms with Crippen LogP contribution in [0.25, 0.3) is 0 Å². The Morgan fingerprint density at radius 3 is 2.30 bits per heavy atom. The van der Waals surface area contributed by atoms with Gasteiger partial charge in [0.1, 0.15) is 11.5 Å². The summed E-state index contributed by atoms with van der Waals surface area (Å²) in [5.74, 6) is 0.309. The average molecular weight is 508 g/mol. The van der Waals surface area contributed by atoms with Crippen LogP contribution in [0.4, 0.5) is 0 Å². The fraction of sp³-hybridized carbons (Fsp3) is 0.556. The van der Waals surface area contributed by atoms with Gasteiger partial charge in [0.15, 0.2) is 0 Å². The number of carbonyl (C=O) groups is 1. The van der Waals surface area contributed by atoms with Crippen LogP contribution < -0.4 is 21.5 Å². The van der Waals surface area contributed by atoms with Gasteiger partial charge >= 0.3 is 0 Å². The number of nitrogens with one attached hydrogen (secondary N) is 1. The summed E-state index contributed by atoms with van der Waals surface area (Å²) in [7, 11) is 0. The first-order valence-corrected chi connectivity index (χ1v) is 10.6. The Balaban J connectivity index is 2.60. The summed E-state index contributed by atoms with van der Waals surface area (Å²) in [5.41, 5.74) is 11.8. The normalized spacial score (nSPS) is 11.5. The molecule has 152 valence electrons. The molecular weight excluding hydrogens is 480 g/mol. The van der Waals surface area contributed by atoms with Crippen LogP contribution in [-0.2, 0) is 11.2 Å². The van der Waals surface area contributed by atoms with E-state index in [1.165, 1.54) is 0 Å². The minimum atomic E-state index is -0.369. The second-order valence-corrected chi connectivity index (χ2v) is 7.77. The lowest BCUT2D eigenvalue weighted by Gasteiger charge is -2.12. The smallest absolute Gasteiger partial charge is 0.269 e. The summed E-state index contributed by atoms with van der Waals surface area (Å²) >= 11 is 6.95. The number of rotatable bonds is 13. The summed E-state index contributed by atoms with van der Waals surface area (Å²) in [5, 5.41) is 15.2. The molecule has 0 atom stereocenters. The maximum atomic E-state index is 12.2. The molecule has 0 fully saturated rings. The van der Waals surface area contributed by atoms with Crippen molar-refractivity contribution in [2.24, 2.45) is 16.6 Å². The van der Waals surface area contributed by atoms with Crippen molar-refractivity contribution >= 4 is 43.5 Å². The standard InChI is InChI=1S/C18H28Br2N4O3/c19-14-10-13(11-15(20)17(14)27-9-5-7-22)12-16(24-26)18(25)23-8-4-2-1-3-6-21/h10-11,26H,1-9,12,21-22H2,(H,23,25)/b24-16-. The van der Waals surface area contributed by atoms with Crippen LogP contribution in [0, 0.1) is 0 Å². The molecule has 0 unspecified atom stereocenters. The Labute approximate surface area is 177 Å². The maximum Gasteiger partial charge on any atom is 0.269 e. The first-order chi connectivity index (χ1) is 13.0. The molecule has 0 radical (unpaired) electrons. The van der Waals surface area contributed by atoms with Gasteiger partial charge in [0.05, 0.1) is 15.6 Å². The fourth-order valence-electron chi connectivity index (χ4n) is 2.39. The molecule has 9 heteroatoms. The number of carbonyl (C=O) groups excluding carboxylic acids is 1. The molecule has 6 N–H and O–H groups in total. The molecule has 0 saturated carbocycles. The number of nitrogens with two attached hydrogens (primary N) is 2. The Kier molecular flexibility index (Phi) is 12.3. The zero-order valence-electron chi connectivity index (χ0n) is 15.3. The van der Waals surface area contributed by atoms with Gasteiger partial charge in [0.25, 0.3) is 5.91 Å². The number of ether oxygens (including phenoxy) is 1. The third-order valence-corrected chi connectivity index (χ3v) is 5.00. The van der Waals surface area contributed by atoms with Crippen molar-refractivity contribution in [3.8, 4) is 5.75 Å². The molecular formula is C18H28Br2N4O3. The van der Waals surface area contributed by atoms with Gasteiger partial charge in [-0.15, -0.1) is 0 Å². The van der Waals surface area contributed by atoms with E-state index in [1.807, 2.05) is 12.1 Å². The number of unbranched alkanes of at least 4 members (excludes halogenated alkanes) is 3. The van der Waals surface area contributed by atoms with Crippen LogP contribution in [-0.4, -0.2) is 43.1 Å². The monoisotopic (exact) mass is 506 g/mol. The lowest BCUT2D eigenvalue weighted by Crippen LogP contribution is -2.33. The highest BCUT2D eigenvalue weighted by molar-refractivity contribution is 9.11. The molecule has 0 heterocycles. The topological polar surface area (TPSA) is 123 Å². The third-order valence-electron chi connectivity index (χ3n) is 3.82. The highest BCUT2D eigenvalue weighted by Crippen LogP contribution is 2.35. The molecule has 0 spiro atoms. The molecule has 0 aromatic heterocycles. The fourth-order valence-corrected chi connectivity index (χ4v) is 3.90. The van der Waals surface area contributed by atoms with Crippen molar-refractivity contribution in [2.75, 3.05) is 26.2 Å². The van der Waals surface area contributed by atoms with Gasteiger partial charge < -0.3 is 26.7 Å². The Morgan fingerprint density at radius 1 is 1.07 bits per heavy atom. The van der Waals surface area contributed by atoms with Crippen LogP contribution in [0.15, 0.2) is 26.2 Å². The summed E-state index contributed by atoms with van der Waals surface area (Å²) < 4.78 is 7.20. The zero-order valence-corrected chi connectivity index (χ0v) is 18.5. The third kappa shape index (κ3) is 9.05. The summed E-state index contributed by atoms with van der Waals surface area (Å²) in [4.78, 5) is 12.2. The molecule has 1 aromatic carbocycles. The van der Waals surface area contributed by atoms with E-state index in [1.54, 1.807) is 0 Å². The minimum absolute atomic E-state index is 0.0626. The minimum Gasteiger partial charge on any atom is -0.491 e. The molecule has 27 heavy (non-hydrogen) atoms. The second kappa shape index (κ2) is 13.9. The van der Waals surface area contributed by atoms with E-state index in [9.17, 15) is 10.0 Å². The molecule has 0 aliphatic carbocycles. The van der Waals surface area contributed by atoms with E-state index in [0.29, 0.717) is 32.0 Å². The van der Waals surface area contributed by atoms with Gasteiger partial charge in [-0.3, -0.25) is 4.79 Å². The van der Waals surface area contributed by atoms with Crippen LogP contribution in [0.1, 0.15) is 37.7 Å². The van der Waals surface area contributed by atoms with E-state index in [2.05, 4.69) is 42.3 Å². The number of hydrogen-bond donors (Lipinski definition) is 4. The number of hydrogen-bond acceptors (Lipinski definition) is 6. The van der Waals surface area contributed by atoms with Crippen LogP contribution in [0.5, 0.6) is 5.75 Å². The lowest BCUT2D eigenvalue weighted by molar-refractivity contribution is -0.115. The molecule has 1 amide bonds. The first kappa shape index (κ1) is 23.9. The van der Waals surface area contributed by atoms with Crippen molar-refractivity contribution in [3.05, 3.63) is 26.6 Å². The second-order valence-electron chi connectivity index (χ2n) is 6.06. The van der Waals surface area contributed by atoms with Gasteiger partial charge in [-0.2, -0.15) is 0 Å². The van der Waals surface area contributed by atoms with Gasteiger partial charge in [0.2, 0.25) is 0 Å². The van der Waals surface area contributed by atoms with Crippen molar-refractivity contribution in [2.45, 2.75) is 38.5 Å². The van der Waals surface area contributed by atoms with Crippen molar-refractivity contribution in [1.82, 2.24) is 5.32 Å². The van der Waals surface area contributed by atoms with Gasteiger partial charge in [-0.1, -0.05) is 18.0 Å². The van der Waals surface area contributed by atoms with E-state index >= 15 is 0 Å². The molecule has 0 bridgehead atoms.